The molecule has 1 saturated heterocycles. The second-order valence-corrected chi connectivity index (χ2v) is 6.34. The molecule has 9 heteroatoms. The van der Waals surface area contributed by atoms with Crippen LogP contribution >= 0.6 is 0 Å². The molecule has 1 fully saturated rings. The number of hydrogen-bond donors (Lipinski definition) is 2. The van der Waals surface area contributed by atoms with Crippen LogP contribution < -0.4 is 10.6 Å². The van der Waals surface area contributed by atoms with E-state index in [4.69, 9.17) is 0 Å². The fraction of sp³-hybridized carbons (Fsp3) is 0.471. The van der Waals surface area contributed by atoms with Crippen molar-refractivity contribution in [3.8, 4) is 0 Å². The first-order chi connectivity index (χ1) is 12.3. The Morgan fingerprint density at radius 3 is 2.65 bits per heavy atom. The molecular weight excluding hydrogens is 349 g/mol. The third-order valence-corrected chi connectivity index (χ3v) is 4.32. The molecule has 6 nitrogen and oxygen atoms in total. The van der Waals surface area contributed by atoms with Crippen LogP contribution in [-0.2, 0) is 15.8 Å². The van der Waals surface area contributed by atoms with Crippen LogP contribution in [0.4, 0.5) is 18.9 Å². The van der Waals surface area contributed by atoms with E-state index in [0.29, 0.717) is 5.96 Å². The molecule has 0 unspecified atom stereocenters. The van der Waals surface area contributed by atoms with Gasteiger partial charge in [-0.2, -0.15) is 13.2 Å². The van der Waals surface area contributed by atoms with Gasteiger partial charge < -0.3 is 10.2 Å². The van der Waals surface area contributed by atoms with Gasteiger partial charge in [-0.05, 0) is 37.5 Å². The minimum absolute atomic E-state index is 0.0190. The van der Waals surface area contributed by atoms with Crippen molar-refractivity contribution >= 4 is 23.5 Å². The lowest BCUT2D eigenvalue weighted by molar-refractivity contribution is -0.137. The lowest BCUT2D eigenvalue weighted by atomic mass is 10.1. The van der Waals surface area contributed by atoms with Crippen LogP contribution in [0, 0.1) is 0 Å². The number of nitrogens with one attached hydrogen (secondary N) is 2. The number of benzene rings is 1. The number of piperidine rings is 1. The molecule has 1 aromatic rings. The maximum absolute atomic E-state index is 12.8. The third-order valence-electron chi connectivity index (χ3n) is 4.32. The molecule has 0 saturated carbocycles. The van der Waals surface area contributed by atoms with Crippen LogP contribution in [0.5, 0.6) is 0 Å². The highest BCUT2D eigenvalue weighted by atomic mass is 19.4. The van der Waals surface area contributed by atoms with Gasteiger partial charge in [-0.15, -0.1) is 0 Å². The number of hydrogen-bond acceptors (Lipinski definition) is 4. The molecule has 0 aromatic heterocycles. The highest BCUT2D eigenvalue weighted by Gasteiger charge is 2.32. The Kier molecular flexibility index (Phi) is 5.15. The van der Waals surface area contributed by atoms with Gasteiger partial charge in [-0.25, -0.2) is 4.99 Å². The first-order valence-electron chi connectivity index (χ1n) is 8.43. The van der Waals surface area contributed by atoms with Crippen molar-refractivity contribution in [1.82, 2.24) is 10.2 Å². The van der Waals surface area contributed by atoms with Crippen LogP contribution in [0.2, 0.25) is 0 Å². The van der Waals surface area contributed by atoms with Crippen LogP contribution in [0.15, 0.2) is 29.3 Å². The number of likely N-dealkylation sites (tertiary alicyclic amines) is 1. The summed E-state index contributed by atoms with van der Waals surface area (Å²) in [6.45, 7) is 1.50. The molecule has 3 rings (SSSR count). The Bertz CT molecular complexity index is 727. The quantitative estimate of drug-likeness (QED) is 0.842. The van der Waals surface area contributed by atoms with E-state index in [1.54, 1.807) is 0 Å². The number of aliphatic imine (C=N–C) groups is 1. The van der Waals surface area contributed by atoms with Crippen molar-refractivity contribution in [3.63, 3.8) is 0 Å². The second-order valence-electron chi connectivity index (χ2n) is 6.34. The number of rotatable bonds is 2. The average Bonchev–Trinajstić information content (AvgIpc) is 2.61. The number of carbonyl (C=O) groups excluding carboxylic acids is 2. The lowest BCUT2D eigenvalue weighted by Gasteiger charge is -2.32. The Hall–Kier alpha value is -2.58. The molecule has 2 heterocycles. The molecule has 26 heavy (non-hydrogen) atoms. The van der Waals surface area contributed by atoms with Crippen molar-refractivity contribution < 1.29 is 22.8 Å². The zero-order valence-electron chi connectivity index (χ0n) is 14.0. The van der Waals surface area contributed by atoms with Gasteiger partial charge in [0.25, 0.3) is 0 Å². The molecule has 1 atom stereocenters. The summed E-state index contributed by atoms with van der Waals surface area (Å²) in [6, 6.07) is 3.40. The number of anilines is 1. The summed E-state index contributed by atoms with van der Waals surface area (Å²) in [7, 11) is 0. The summed E-state index contributed by atoms with van der Waals surface area (Å²) in [4.78, 5) is 30.5. The molecule has 0 aliphatic carbocycles. The maximum atomic E-state index is 12.8. The van der Waals surface area contributed by atoms with Crippen molar-refractivity contribution in [2.24, 2.45) is 4.99 Å². The summed E-state index contributed by atoms with van der Waals surface area (Å²) >= 11 is 0. The van der Waals surface area contributed by atoms with E-state index in [9.17, 15) is 22.8 Å². The molecule has 2 aliphatic heterocycles. The van der Waals surface area contributed by atoms with Gasteiger partial charge in [0.2, 0.25) is 17.8 Å². The zero-order chi connectivity index (χ0) is 18.7. The molecule has 2 N–H and O–H groups in total. The molecule has 0 spiro atoms. The average molecular weight is 368 g/mol. The topological polar surface area (TPSA) is 73.8 Å². The summed E-state index contributed by atoms with van der Waals surface area (Å²) in [5.41, 5.74) is -0.834. The number of halogens is 3. The lowest BCUT2D eigenvalue weighted by Crippen LogP contribution is -2.51. The second kappa shape index (κ2) is 7.35. The molecular formula is C17H19F3N4O2. The molecule has 1 aromatic carbocycles. The molecule has 2 aliphatic rings. The number of nitrogens with zero attached hydrogens (tertiary/aromatic N) is 2. The Labute approximate surface area is 148 Å². The smallest absolute Gasteiger partial charge is 0.343 e. The normalized spacial score (nSPS) is 21.0. The predicted molar refractivity (Wildman–Crippen MR) is 89.5 cm³/mol. The Morgan fingerprint density at radius 1 is 1.23 bits per heavy atom. The standard InChI is InChI=1S/C17H19F3N4O2/c18-17(19,20)11-5-4-6-12(9-11)21-15(26)13-10-14(25)23-16(22-13)24-7-2-1-3-8-24/h4-6,9,13H,1-3,7-8,10H2,(H,21,26)(H,22,23,25)/t13-/m0/s1. The summed E-state index contributed by atoms with van der Waals surface area (Å²) in [5.74, 6) is -0.566. The van der Waals surface area contributed by atoms with E-state index in [1.165, 1.54) is 12.1 Å². The Morgan fingerprint density at radius 2 is 1.96 bits per heavy atom. The van der Waals surface area contributed by atoms with Crippen molar-refractivity contribution in [1.29, 1.82) is 0 Å². The van der Waals surface area contributed by atoms with Crippen LogP contribution in [0.25, 0.3) is 0 Å². The van der Waals surface area contributed by atoms with Crippen molar-refractivity contribution in [2.75, 3.05) is 18.4 Å². The zero-order valence-corrected chi connectivity index (χ0v) is 14.0. The third kappa shape index (κ3) is 4.33. The fourth-order valence-corrected chi connectivity index (χ4v) is 2.99. The van der Waals surface area contributed by atoms with Crippen LogP contribution in [-0.4, -0.2) is 41.8 Å². The molecule has 0 bridgehead atoms. The largest absolute Gasteiger partial charge is 0.416 e. The van der Waals surface area contributed by atoms with Gasteiger partial charge in [0, 0.05) is 18.8 Å². The van der Waals surface area contributed by atoms with Gasteiger partial charge in [0.1, 0.15) is 6.04 Å². The summed E-state index contributed by atoms with van der Waals surface area (Å²) in [5, 5.41) is 5.10. The van der Waals surface area contributed by atoms with Crippen molar-refractivity contribution in [2.45, 2.75) is 37.9 Å². The molecule has 0 radical (unpaired) electrons. The minimum atomic E-state index is -4.49. The van der Waals surface area contributed by atoms with Gasteiger partial charge in [-0.1, -0.05) is 6.07 Å². The number of guanidine groups is 1. The monoisotopic (exact) mass is 368 g/mol. The first-order valence-corrected chi connectivity index (χ1v) is 8.43. The van der Waals surface area contributed by atoms with E-state index in [2.05, 4.69) is 15.6 Å². The van der Waals surface area contributed by atoms with Crippen LogP contribution in [0.3, 0.4) is 0 Å². The number of alkyl halides is 3. The van der Waals surface area contributed by atoms with E-state index in [1.807, 2.05) is 4.90 Å². The molecule has 2 amide bonds. The van der Waals surface area contributed by atoms with Gasteiger partial charge >= 0.3 is 6.18 Å². The van der Waals surface area contributed by atoms with E-state index in [-0.39, 0.29) is 18.0 Å². The van der Waals surface area contributed by atoms with Gasteiger partial charge in [-0.3, -0.25) is 14.9 Å². The maximum Gasteiger partial charge on any atom is 0.416 e. The number of amides is 2. The Balaban J connectivity index is 1.73. The molecule has 140 valence electrons. The minimum Gasteiger partial charge on any atom is -0.343 e. The predicted octanol–water partition coefficient (Wildman–Crippen LogP) is 2.37. The van der Waals surface area contributed by atoms with E-state index < -0.39 is 23.7 Å². The van der Waals surface area contributed by atoms with Crippen LogP contribution in [0.1, 0.15) is 31.2 Å². The SMILES string of the molecule is O=C1C[C@@H](C(=O)Nc2cccc(C(F)(F)F)c2)N=C(N2CCCCC2)N1. The van der Waals surface area contributed by atoms with E-state index >= 15 is 0 Å². The highest BCUT2D eigenvalue weighted by molar-refractivity contribution is 6.05. The first kappa shape index (κ1) is 18.2. The van der Waals surface area contributed by atoms with Gasteiger partial charge in [0.15, 0.2) is 0 Å². The van der Waals surface area contributed by atoms with Gasteiger partial charge in [0.05, 0.1) is 12.0 Å². The highest BCUT2D eigenvalue weighted by Crippen LogP contribution is 2.30. The summed E-state index contributed by atoms with van der Waals surface area (Å²) in [6.07, 6.45) is -1.56. The van der Waals surface area contributed by atoms with Crippen molar-refractivity contribution in [3.05, 3.63) is 29.8 Å². The fourth-order valence-electron chi connectivity index (χ4n) is 2.99. The summed E-state index contributed by atoms with van der Waals surface area (Å²) < 4.78 is 38.3. The number of carbonyl (C=O) groups is 2. The van der Waals surface area contributed by atoms with E-state index in [0.717, 1.165) is 44.5 Å².